The topological polar surface area (TPSA) is 67.2 Å². The number of nitrogens with one attached hydrogen (secondary N) is 1. The van der Waals surface area contributed by atoms with Gasteiger partial charge in [0.05, 0.1) is 5.69 Å². The Balaban J connectivity index is 2.48. The SMILES string of the molecule is CCNCc1nn(-c2cccc(Cl)c2)c(=O)cc1O. The van der Waals surface area contributed by atoms with E-state index in [9.17, 15) is 9.90 Å². The molecular weight excluding hydrogens is 266 g/mol. The van der Waals surface area contributed by atoms with Crippen molar-refractivity contribution >= 4 is 11.6 Å². The number of nitrogens with zero attached hydrogens (tertiary/aromatic N) is 2. The van der Waals surface area contributed by atoms with Crippen LogP contribution in [0.3, 0.4) is 0 Å². The Morgan fingerprint density at radius 2 is 2.21 bits per heavy atom. The van der Waals surface area contributed by atoms with Crippen molar-refractivity contribution in [1.29, 1.82) is 0 Å². The Hall–Kier alpha value is -1.85. The van der Waals surface area contributed by atoms with E-state index in [4.69, 9.17) is 11.6 Å². The number of aromatic nitrogens is 2. The highest BCUT2D eigenvalue weighted by molar-refractivity contribution is 6.30. The van der Waals surface area contributed by atoms with Gasteiger partial charge in [-0.05, 0) is 24.7 Å². The third-order valence-corrected chi connectivity index (χ3v) is 2.82. The summed E-state index contributed by atoms with van der Waals surface area (Å²) in [5, 5.41) is 17.4. The van der Waals surface area contributed by atoms with Gasteiger partial charge in [0.25, 0.3) is 5.56 Å². The molecule has 1 aromatic carbocycles. The molecular formula is C13H14ClN3O2. The molecule has 0 unspecified atom stereocenters. The molecule has 1 heterocycles. The molecule has 0 aliphatic carbocycles. The lowest BCUT2D eigenvalue weighted by Crippen LogP contribution is -2.23. The number of rotatable bonds is 4. The zero-order valence-corrected chi connectivity index (χ0v) is 11.2. The van der Waals surface area contributed by atoms with Gasteiger partial charge >= 0.3 is 0 Å². The molecule has 2 rings (SSSR count). The van der Waals surface area contributed by atoms with Crippen molar-refractivity contribution in [2.24, 2.45) is 0 Å². The standard InChI is InChI=1S/C13H14ClN3O2/c1-2-15-8-11-12(18)7-13(19)17(16-11)10-5-3-4-9(14)6-10/h3-7,15,18H,2,8H2,1H3. The minimum Gasteiger partial charge on any atom is -0.506 e. The van der Waals surface area contributed by atoms with Crippen LogP contribution >= 0.6 is 11.6 Å². The summed E-state index contributed by atoms with van der Waals surface area (Å²) in [6, 6.07) is 7.98. The van der Waals surface area contributed by atoms with Crippen molar-refractivity contribution in [1.82, 2.24) is 15.1 Å². The molecule has 2 N–H and O–H groups in total. The van der Waals surface area contributed by atoms with Gasteiger partial charge in [0.15, 0.2) is 0 Å². The molecule has 0 saturated heterocycles. The fourth-order valence-electron chi connectivity index (χ4n) is 1.64. The third kappa shape index (κ3) is 3.13. The molecule has 1 aromatic heterocycles. The molecule has 0 bridgehead atoms. The first kappa shape index (κ1) is 13.6. The minimum atomic E-state index is -0.403. The predicted octanol–water partition coefficient (Wildman–Crippen LogP) is 1.70. The first-order chi connectivity index (χ1) is 9.11. The van der Waals surface area contributed by atoms with Gasteiger partial charge in [0.1, 0.15) is 11.4 Å². The maximum atomic E-state index is 11.9. The lowest BCUT2D eigenvalue weighted by Gasteiger charge is -2.09. The van der Waals surface area contributed by atoms with Gasteiger partial charge in [-0.1, -0.05) is 24.6 Å². The number of halogens is 1. The highest BCUT2D eigenvalue weighted by Gasteiger charge is 2.09. The Morgan fingerprint density at radius 3 is 2.89 bits per heavy atom. The Kier molecular flexibility index (Phi) is 4.19. The lowest BCUT2D eigenvalue weighted by molar-refractivity contribution is 0.452. The minimum absolute atomic E-state index is 0.107. The fraction of sp³-hybridized carbons (Fsp3) is 0.231. The van der Waals surface area contributed by atoms with Gasteiger partial charge in [-0.2, -0.15) is 9.78 Å². The summed E-state index contributed by atoms with van der Waals surface area (Å²) in [6.45, 7) is 3.09. The number of benzene rings is 1. The largest absolute Gasteiger partial charge is 0.506 e. The monoisotopic (exact) mass is 279 g/mol. The summed E-state index contributed by atoms with van der Waals surface area (Å²) in [7, 11) is 0. The first-order valence-electron chi connectivity index (χ1n) is 5.90. The summed E-state index contributed by atoms with van der Waals surface area (Å²) in [5.74, 6) is -0.107. The molecule has 2 aromatic rings. The van der Waals surface area contributed by atoms with Crippen LogP contribution in [-0.4, -0.2) is 21.4 Å². The molecule has 100 valence electrons. The van der Waals surface area contributed by atoms with Crippen molar-refractivity contribution in [3.05, 3.63) is 51.4 Å². The van der Waals surface area contributed by atoms with Crippen molar-refractivity contribution in [2.45, 2.75) is 13.5 Å². The number of aromatic hydroxyl groups is 1. The molecule has 0 amide bonds. The van der Waals surface area contributed by atoms with E-state index in [0.717, 1.165) is 12.6 Å². The Morgan fingerprint density at radius 1 is 1.42 bits per heavy atom. The van der Waals surface area contributed by atoms with Crippen LogP contribution in [-0.2, 0) is 6.54 Å². The maximum absolute atomic E-state index is 11.9. The highest BCUT2D eigenvalue weighted by atomic mass is 35.5. The van der Waals surface area contributed by atoms with Crippen molar-refractivity contribution in [3.8, 4) is 11.4 Å². The van der Waals surface area contributed by atoms with Crippen LogP contribution in [0.2, 0.25) is 5.02 Å². The summed E-state index contributed by atoms with van der Waals surface area (Å²) in [4.78, 5) is 11.9. The smallest absolute Gasteiger partial charge is 0.275 e. The molecule has 0 saturated carbocycles. The van der Waals surface area contributed by atoms with Crippen LogP contribution < -0.4 is 10.9 Å². The molecule has 0 radical (unpaired) electrons. The van der Waals surface area contributed by atoms with E-state index in [1.165, 1.54) is 4.68 Å². The molecule has 0 aliphatic heterocycles. The van der Waals surface area contributed by atoms with Crippen molar-refractivity contribution in [2.75, 3.05) is 6.54 Å². The molecule has 0 atom stereocenters. The maximum Gasteiger partial charge on any atom is 0.275 e. The second-order valence-electron chi connectivity index (χ2n) is 3.99. The molecule has 6 heteroatoms. The van der Waals surface area contributed by atoms with E-state index in [2.05, 4.69) is 10.4 Å². The van der Waals surface area contributed by atoms with Crippen LogP contribution in [0.5, 0.6) is 5.75 Å². The molecule has 0 fully saturated rings. The number of hydrogen-bond donors (Lipinski definition) is 2. The van der Waals surface area contributed by atoms with E-state index in [-0.39, 0.29) is 5.75 Å². The van der Waals surface area contributed by atoms with Crippen molar-refractivity contribution in [3.63, 3.8) is 0 Å². The van der Waals surface area contributed by atoms with E-state index < -0.39 is 5.56 Å². The zero-order valence-electron chi connectivity index (χ0n) is 10.4. The van der Waals surface area contributed by atoms with Gasteiger partial charge in [0, 0.05) is 17.6 Å². The fourth-order valence-corrected chi connectivity index (χ4v) is 1.83. The van der Waals surface area contributed by atoms with Crippen molar-refractivity contribution < 1.29 is 5.11 Å². The zero-order chi connectivity index (χ0) is 13.8. The highest BCUT2D eigenvalue weighted by Crippen LogP contribution is 2.15. The average molecular weight is 280 g/mol. The lowest BCUT2D eigenvalue weighted by atomic mass is 10.3. The molecule has 19 heavy (non-hydrogen) atoms. The second-order valence-corrected chi connectivity index (χ2v) is 4.42. The van der Waals surface area contributed by atoms with Gasteiger partial charge < -0.3 is 10.4 Å². The van der Waals surface area contributed by atoms with E-state index in [1.54, 1.807) is 24.3 Å². The second kappa shape index (κ2) is 5.86. The average Bonchev–Trinajstić information content (AvgIpc) is 2.38. The van der Waals surface area contributed by atoms with E-state index >= 15 is 0 Å². The summed E-state index contributed by atoms with van der Waals surface area (Å²) < 4.78 is 1.22. The van der Waals surface area contributed by atoms with Crippen LogP contribution in [0.15, 0.2) is 35.1 Å². The van der Waals surface area contributed by atoms with Crippen LogP contribution in [0.4, 0.5) is 0 Å². The van der Waals surface area contributed by atoms with Gasteiger partial charge in [-0.25, -0.2) is 0 Å². The predicted molar refractivity (Wildman–Crippen MR) is 73.9 cm³/mol. The third-order valence-electron chi connectivity index (χ3n) is 2.58. The Labute approximate surface area is 115 Å². The van der Waals surface area contributed by atoms with Gasteiger partial charge in [0.2, 0.25) is 0 Å². The van der Waals surface area contributed by atoms with E-state index in [1.807, 2.05) is 6.92 Å². The summed E-state index contributed by atoms with van der Waals surface area (Å²) in [5.41, 5.74) is 0.580. The first-order valence-corrected chi connectivity index (χ1v) is 6.28. The molecule has 5 nitrogen and oxygen atoms in total. The normalized spacial score (nSPS) is 10.6. The van der Waals surface area contributed by atoms with E-state index in [0.29, 0.717) is 22.9 Å². The number of hydrogen-bond acceptors (Lipinski definition) is 4. The van der Waals surface area contributed by atoms with Crippen LogP contribution in [0.1, 0.15) is 12.6 Å². The molecule has 0 aliphatic rings. The summed E-state index contributed by atoms with van der Waals surface area (Å²) >= 11 is 5.90. The van der Waals surface area contributed by atoms with Gasteiger partial charge in [-0.15, -0.1) is 0 Å². The van der Waals surface area contributed by atoms with Gasteiger partial charge in [-0.3, -0.25) is 4.79 Å². The quantitative estimate of drug-likeness (QED) is 0.894. The molecule has 0 spiro atoms. The van der Waals surface area contributed by atoms with Crippen LogP contribution in [0, 0.1) is 0 Å². The van der Waals surface area contributed by atoms with Crippen LogP contribution in [0.25, 0.3) is 5.69 Å². The summed E-state index contributed by atoms with van der Waals surface area (Å²) in [6.07, 6.45) is 0. The Bertz CT molecular complexity index is 640.